The quantitative estimate of drug-likeness (QED) is 0.665. The van der Waals surface area contributed by atoms with Gasteiger partial charge < -0.3 is 0 Å². The second-order valence-corrected chi connectivity index (χ2v) is 5.66. The Balaban J connectivity index is 2.38. The van der Waals surface area contributed by atoms with E-state index in [-0.39, 0.29) is 5.92 Å². The largest absolute Gasteiger partial charge is 0.300 e. The highest BCUT2D eigenvalue weighted by molar-refractivity contribution is 8.17. The molecule has 3 heteroatoms. The number of hydrogen-bond acceptors (Lipinski definition) is 3. The van der Waals surface area contributed by atoms with E-state index in [2.05, 4.69) is 0 Å². The molecule has 11 heavy (non-hydrogen) atoms. The zero-order valence-electron chi connectivity index (χ0n) is 7.00. The van der Waals surface area contributed by atoms with Crippen molar-refractivity contribution >= 4 is 29.3 Å². The Bertz CT molecular complexity index is 141. The number of rotatable bonds is 2. The first kappa shape index (κ1) is 9.46. The van der Waals surface area contributed by atoms with Gasteiger partial charge in [0.1, 0.15) is 5.78 Å². The minimum absolute atomic E-state index is 0.241. The van der Waals surface area contributed by atoms with Crippen LogP contribution in [0.25, 0.3) is 0 Å². The summed E-state index contributed by atoms with van der Waals surface area (Å²) >= 11 is 3.88. The fourth-order valence-electron chi connectivity index (χ4n) is 0.986. The lowest BCUT2D eigenvalue weighted by molar-refractivity contribution is -0.119. The number of carbonyl (C=O) groups is 1. The van der Waals surface area contributed by atoms with E-state index in [1.807, 2.05) is 30.4 Å². The van der Waals surface area contributed by atoms with Crippen molar-refractivity contribution in [3.05, 3.63) is 0 Å². The van der Waals surface area contributed by atoms with Crippen LogP contribution in [0.2, 0.25) is 0 Å². The van der Waals surface area contributed by atoms with Crippen LogP contribution >= 0.6 is 23.5 Å². The smallest absolute Gasteiger partial charge is 0.134 e. The molecule has 1 rings (SSSR count). The molecular weight excluding hydrogens is 176 g/mol. The first-order valence-corrected chi connectivity index (χ1v) is 6.05. The summed E-state index contributed by atoms with van der Waals surface area (Å²) < 4.78 is 0.529. The van der Waals surface area contributed by atoms with Gasteiger partial charge in [0.05, 0.1) is 4.58 Å². The number of carbonyl (C=O) groups excluding carboxylic acids is 1. The van der Waals surface area contributed by atoms with Crippen LogP contribution in [0.15, 0.2) is 0 Å². The highest BCUT2D eigenvalue weighted by atomic mass is 32.2. The van der Waals surface area contributed by atoms with Crippen molar-refractivity contribution in [2.24, 2.45) is 5.92 Å². The average Bonchev–Trinajstić information content (AvgIpc) is 2.05. The Morgan fingerprint density at radius 2 is 2.00 bits per heavy atom. The predicted octanol–water partition coefficient (Wildman–Crippen LogP) is 2.41. The third-order valence-electron chi connectivity index (χ3n) is 1.90. The number of Topliss-reactive ketones (excluding diaryl/α,β-unsaturated/α-hetero) is 1. The van der Waals surface area contributed by atoms with Crippen molar-refractivity contribution in [1.29, 1.82) is 0 Å². The molecule has 0 spiro atoms. The predicted molar refractivity (Wildman–Crippen MR) is 53.2 cm³/mol. The standard InChI is InChI=1S/C8H14OS2/c1-6(7(2)9)8-10-4-3-5-11-8/h6,8H,3-5H2,1-2H3. The summed E-state index contributed by atoms with van der Waals surface area (Å²) in [6.07, 6.45) is 1.30. The molecule has 1 heterocycles. The minimum Gasteiger partial charge on any atom is -0.300 e. The summed E-state index contributed by atoms with van der Waals surface area (Å²) in [5.74, 6) is 3.03. The molecular formula is C8H14OS2. The molecule has 0 N–H and O–H groups in total. The molecule has 0 radical (unpaired) electrons. The van der Waals surface area contributed by atoms with Crippen molar-refractivity contribution in [3.63, 3.8) is 0 Å². The van der Waals surface area contributed by atoms with Crippen molar-refractivity contribution in [3.8, 4) is 0 Å². The van der Waals surface area contributed by atoms with Gasteiger partial charge in [0, 0.05) is 5.92 Å². The van der Waals surface area contributed by atoms with E-state index in [1.165, 1.54) is 17.9 Å². The topological polar surface area (TPSA) is 17.1 Å². The van der Waals surface area contributed by atoms with Crippen LogP contribution in [0.1, 0.15) is 20.3 Å². The third kappa shape index (κ3) is 2.71. The molecule has 1 aliphatic rings. The maximum Gasteiger partial charge on any atom is 0.134 e. The monoisotopic (exact) mass is 190 g/mol. The molecule has 64 valence electrons. The van der Waals surface area contributed by atoms with Crippen molar-refractivity contribution in [1.82, 2.24) is 0 Å². The lowest BCUT2D eigenvalue weighted by Gasteiger charge is -2.24. The molecule has 1 aliphatic heterocycles. The molecule has 0 aromatic carbocycles. The van der Waals surface area contributed by atoms with E-state index >= 15 is 0 Å². The maximum atomic E-state index is 11.0. The molecule has 1 saturated heterocycles. The second kappa shape index (κ2) is 4.41. The molecule has 1 nitrogen and oxygen atoms in total. The van der Waals surface area contributed by atoms with Gasteiger partial charge in [-0.25, -0.2) is 0 Å². The van der Waals surface area contributed by atoms with Crippen LogP contribution in [0.5, 0.6) is 0 Å². The van der Waals surface area contributed by atoms with Crippen LogP contribution in [0.3, 0.4) is 0 Å². The Hall–Kier alpha value is 0.370. The van der Waals surface area contributed by atoms with E-state index in [1.54, 1.807) is 6.92 Å². The van der Waals surface area contributed by atoms with Gasteiger partial charge in [-0.3, -0.25) is 4.79 Å². The summed E-state index contributed by atoms with van der Waals surface area (Å²) in [4.78, 5) is 11.0. The van der Waals surface area contributed by atoms with Crippen LogP contribution in [-0.4, -0.2) is 21.9 Å². The summed E-state index contributed by atoms with van der Waals surface area (Å²) in [6, 6.07) is 0. The molecule has 0 amide bonds. The Labute approximate surface area is 76.7 Å². The van der Waals surface area contributed by atoms with Gasteiger partial charge >= 0.3 is 0 Å². The Morgan fingerprint density at radius 1 is 1.45 bits per heavy atom. The minimum atomic E-state index is 0.241. The SMILES string of the molecule is CC(=O)C(C)C1SCCCS1. The first-order chi connectivity index (χ1) is 5.22. The molecule has 1 unspecified atom stereocenters. The molecule has 0 aromatic rings. The van der Waals surface area contributed by atoms with Crippen molar-refractivity contribution in [2.45, 2.75) is 24.9 Å². The van der Waals surface area contributed by atoms with E-state index in [0.717, 1.165) is 0 Å². The van der Waals surface area contributed by atoms with Crippen LogP contribution in [-0.2, 0) is 4.79 Å². The van der Waals surface area contributed by atoms with Gasteiger partial charge in [-0.1, -0.05) is 6.92 Å². The van der Waals surface area contributed by atoms with E-state index < -0.39 is 0 Å². The summed E-state index contributed by atoms with van der Waals surface area (Å²) in [6.45, 7) is 3.73. The number of ketones is 1. The summed E-state index contributed by atoms with van der Waals surface area (Å²) in [5.41, 5.74) is 0. The molecule has 0 aliphatic carbocycles. The summed E-state index contributed by atoms with van der Waals surface area (Å²) in [7, 11) is 0. The fraction of sp³-hybridized carbons (Fsp3) is 0.875. The first-order valence-electron chi connectivity index (χ1n) is 3.95. The van der Waals surface area contributed by atoms with E-state index in [4.69, 9.17) is 0 Å². The second-order valence-electron chi connectivity index (χ2n) is 2.86. The van der Waals surface area contributed by atoms with Gasteiger partial charge in [0.15, 0.2) is 0 Å². The normalized spacial score (nSPS) is 23.1. The molecule has 0 bridgehead atoms. The van der Waals surface area contributed by atoms with Gasteiger partial charge in [0.2, 0.25) is 0 Å². The molecule has 0 aromatic heterocycles. The van der Waals surface area contributed by atoms with E-state index in [0.29, 0.717) is 10.4 Å². The zero-order valence-corrected chi connectivity index (χ0v) is 8.63. The van der Waals surface area contributed by atoms with Gasteiger partial charge in [-0.15, -0.1) is 23.5 Å². The lowest BCUT2D eigenvalue weighted by Crippen LogP contribution is -2.21. The Morgan fingerprint density at radius 3 is 2.45 bits per heavy atom. The number of hydrogen-bond donors (Lipinski definition) is 0. The lowest BCUT2D eigenvalue weighted by atomic mass is 10.1. The highest BCUT2D eigenvalue weighted by Crippen LogP contribution is 2.35. The zero-order chi connectivity index (χ0) is 8.27. The number of thioether (sulfide) groups is 2. The van der Waals surface area contributed by atoms with Crippen molar-refractivity contribution in [2.75, 3.05) is 11.5 Å². The Kier molecular flexibility index (Phi) is 3.79. The van der Waals surface area contributed by atoms with Crippen LogP contribution in [0.4, 0.5) is 0 Å². The van der Waals surface area contributed by atoms with Gasteiger partial charge in [-0.05, 0) is 24.9 Å². The molecule has 1 fully saturated rings. The molecule has 1 atom stereocenters. The van der Waals surface area contributed by atoms with Crippen LogP contribution < -0.4 is 0 Å². The van der Waals surface area contributed by atoms with E-state index in [9.17, 15) is 4.79 Å². The summed E-state index contributed by atoms with van der Waals surface area (Å²) in [5, 5.41) is 0. The molecule has 0 saturated carbocycles. The van der Waals surface area contributed by atoms with Crippen molar-refractivity contribution < 1.29 is 4.79 Å². The highest BCUT2D eigenvalue weighted by Gasteiger charge is 2.23. The third-order valence-corrected chi connectivity index (χ3v) is 5.24. The maximum absolute atomic E-state index is 11.0. The average molecular weight is 190 g/mol. The van der Waals surface area contributed by atoms with Gasteiger partial charge in [0.25, 0.3) is 0 Å². The van der Waals surface area contributed by atoms with Crippen LogP contribution in [0, 0.1) is 5.92 Å². The fourth-order valence-corrected chi connectivity index (χ4v) is 4.18. The van der Waals surface area contributed by atoms with Gasteiger partial charge in [-0.2, -0.15) is 0 Å².